The van der Waals surface area contributed by atoms with Gasteiger partial charge in [-0.05, 0) is 11.8 Å². The predicted octanol–water partition coefficient (Wildman–Crippen LogP) is 0.404. The van der Waals surface area contributed by atoms with Crippen molar-refractivity contribution in [2.24, 2.45) is 0 Å². The maximum Gasteiger partial charge on any atom is 0.170 e. The molecule has 0 aliphatic carbocycles. The number of carbonyl (C=O) groups excluding carboxylic acids is 1. The van der Waals surface area contributed by atoms with Crippen molar-refractivity contribution in [2.75, 3.05) is 0 Å². The van der Waals surface area contributed by atoms with Crippen molar-refractivity contribution in [2.45, 2.75) is 0 Å². The number of hydrogen-bond acceptors (Lipinski definition) is 4. The zero-order valence-electron chi connectivity index (χ0n) is 6.65. The Morgan fingerprint density at radius 2 is 2.23 bits per heavy atom. The van der Waals surface area contributed by atoms with E-state index in [4.69, 9.17) is 0 Å². The zero-order valence-corrected chi connectivity index (χ0v) is 13.0. The summed E-state index contributed by atoms with van der Waals surface area (Å²) in [5.74, 6) is 0.358. The van der Waals surface area contributed by atoms with E-state index in [0.29, 0.717) is 16.8 Å². The van der Waals surface area contributed by atoms with E-state index >= 15 is 0 Å². The van der Waals surface area contributed by atoms with Crippen LogP contribution in [0.3, 0.4) is 0 Å². The molecule has 2 rings (SSSR count). The fraction of sp³-hybridized carbons (Fsp3) is 0. The number of fused-ring (bicyclic) bond motifs is 1. The van der Waals surface area contributed by atoms with Gasteiger partial charge in [0.1, 0.15) is 0 Å². The first-order chi connectivity index (χ1) is 5.92. The largest absolute Gasteiger partial charge is 0.608 e. The second kappa shape index (κ2) is 3.00. The van der Waals surface area contributed by atoms with Crippen molar-refractivity contribution in [3.8, 4) is 5.75 Å². The van der Waals surface area contributed by atoms with Gasteiger partial charge in [0.2, 0.25) is 0 Å². The smallest absolute Gasteiger partial charge is 0.170 e. The van der Waals surface area contributed by atoms with E-state index in [1.54, 1.807) is 18.2 Å². The number of nitrogens with zero attached hydrogens (tertiary/aromatic N) is 2. The summed E-state index contributed by atoms with van der Waals surface area (Å²) in [6.07, 6.45) is 0. The van der Waals surface area contributed by atoms with Crippen LogP contribution in [0.15, 0.2) is 18.2 Å². The van der Waals surface area contributed by atoms with Gasteiger partial charge in [-0.1, -0.05) is 6.07 Å². The van der Waals surface area contributed by atoms with Crippen LogP contribution < -0.4 is 4.74 Å². The molecule has 6 heteroatoms. The summed E-state index contributed by atoms with van der Waals surface area (Å²) in [4.78, 5) is 9.93. The number of nitrogens with one attached hydrogen (secondary N) is 1. The van der Waals surface area contributed by atoms with Gasteiger partial charge in [-0.3, -0.25) is 0 Å². The van der Waals surface area contributed by atoms with Gasteiger partial charge in [-0.15, -0.1) is 6.07 Å². The average Bonchev–Trinajstić information content (AvgIpc) is 2.53. The van der Waals surface area contributed by atoms with E-state index in [1.807, 2.05) is 0 Å². The summed E-state index contributed by atoms with van der Waals surface area (Å²) in [7, 11) is 0. The van der Waals surface area contributed by atoms with Crippen LogP contribution in [0.25, 0.3) is 11.0 Å². The van der Waals surface area contributed by atoms with Crippen molar-refractivity contribution >= 4 is 17.5 Å². The molecule has 2 aromatic rings. The minimum atomic E-state index is 0. The minimum absolute atomic E-state index is 0. The summed E-state index contributed by atoms with van der Waals surface area (Å²) >= 11 is 0. The molecule has 5 nitrogen and oxygen atoms in total. The van der Waals surface area contributed by atoms with Crippen molar-refractivity contribution in [1.29, 1.82) is 0 Å². The molecule has 0 aliphatic heterocycles. The van der Waals surface area contributed by atoms with Gasteiger partial charge in [0.25, 0.3) is 0 Å². The van der Waals surface area contributed by atoms with E-state index in [1.165, 1.54) is 6.47 Å². The van der Waals surface area contributed by atoms with E-state index in [0.717, 1.165) is 0 Å². The number of hydrogen-bond donors (Lipinski definition) is 1. The van der Waals surface area contributed by atoms with E-state index < -0.39 is 0 Å². The van der Waals surface area contributed by atoms with Gasteiger partial charge in [0.05, 0.1) is 11.0 Å². The molecule has 0 spiro atoms. The summed E-state index contributed by atoms with van der Waals surface area (Å²) in [6.45, 7) is 1.33. The molecule has 0 amide bonds. The van der Waals surface area contributed by atoms with Crippen LogP contribution in [0.4, 0.5) is 0 Å². The number of rotatable bonds is 2. The molecule has 1 N–H and O–H groups in total. The predicted molar refractivity (Wildman–Crippen MR) is 40.2 cm³/mol. The average molecular weight is 429 g/mol. The Morgan fingerprint density at radius 1 is 1.38 bits per heavy atom. The first-order valence-electron chi connectivity index (χ1n) is 3.25. The normalized spacial score (nSPS) is 9.23. The van der Waals surface area contributed by atoms with Gasteiger partial charge in [-0.25, -0.2) is 0 Å². The van der Waals surface area contributed by atoms with Crippen molar-refractivity contribution < 1.29 is 9.53 Å². The molecule has 0 unspecified atom stereocenters. The number of aromatic amines is 1. The Kier molecular flexibility index (Phi) is 1.89. The molecule has 0 bridgehead atoms. The standard InChI is InChI=1S/C7H4N3O2.Rf/c11-4-12-6-3-1-2-5-7(6)9-10-8-5;/h1-3H,(H,8,9,10);/q-1;. The molecular weight excluding hydrogens is 425 g/mol. The van der Waals surface area contributed by atoms with Gasteiger partial charge in [0.15, 0.2) is 6.47 Å². The monoisotopic (exact) mass is 429 g/mol. The molecule has 0 saturated carbocycles. The second-order valence-corrected chi connectivity index (χ2v) is 2.13. The topological polar surface area (TPSA) is 67.9 Å². The quantitative estimate of drug-likeness (QED) is 0.703. The SMILES string of the molecule is O=[C-]Oc1cccc2n[nH]nc12.[Rf]. The maximum absolute atomic E-state index is 9.93. The number of ether oxygens (including phenoxy) is 1. The number of aromatic nitrogens is 3. The third-order valence-corrected chi connectivity index (χ3v) is 1.46. The van der Waals surface area contributed by atoms with Crippen LogP contribution in [0.2, 0.25) is 0 Å². The molecule has 13 heavy (non-hydrogen) atoms. The van der Waals surface area contributed by atoms with E-state index in [2.05, 4.69) is 20.1 Å². The molecule has 1 aromatic heterocycles. The van der Waals surface area contributed by atoms with Crippen LogP contribution in [-0.2, 0) is 4.79 Å². The van der Waals surface area contributed by atoms with Crippen molar-refractivity contribution in [1.82, 2.24) is 15.4 Å². The summed E-state index contributed by atoms with van der Waals surface area (Å²) in [5.41, 5.74) is 1.18. The Balaban J connectivity index is 0.000000845. The Hall–Kier alpha value is -2.91. The van der Waals surface area contributed by atoms with Crippen LogP contribution in [0, 0.1) is 0 Å². The van der Waals surface area contributed by atoms with Gasteiger partial charge < -0.3 is 9.53 Å². The number of benzene rings is 1. The molecule has 62 valence electrons. The third-order valence-electron chi connectivity index (χ3n) is 1.46. The molecule has 1 heterocycles. The van der Waals surface area contributed by atoms with Crippen LogP contribution in [0.1, 0.15) is 0 Å². The molecular formula is C7H4N3O2Rf-. The first-order valence-corrected chi connectivity index (χ1v) is 3.25. The van der Waals surface area contributed by atoms with E-state index in [-0.39, 0.29) is 0 Å². The Bertz CT molecular complexity index is 415. The molecule has 1 aromatic carbocycles. The number of para-hydroxylation sites is 1. The van der Waals surface area contributed by atoms with Gasteiger partial charge in [0, 0.05) is 0 Å². The van der Waals surface area contributed by atoms with Crippen molar-refractivity contribution in [3.05, 3.63) is 18.2 Å². The molecule has 0 aliphatic rings. The van der Waals surface area contributed by atoms with Crippen LogP contribution in [0.5, 0.6) is 5.75 Å². The first kappa shape index (κ1) is 8.19. The second-order valence-electron chi connectivity index (χ2n) is 2.13. The molecule has 0 fully saturated rings. The van der Waals surface area contributed by atoms with Gasteiger partial charge in [-0.2, -0.15) is 15.4 Å². The zero-order chi connectivity index (χ0) is 8.39. The maximum atomic E-state index is 9.93. The van der Waals surface area contributed by atoms with Crippen LogP contribution in [-0.4, -0.2) is 21.9 Å². The third kappa shape index (κ3) is 1.13. The fourth-order valence-corrected chi connectivity index (χ4v) is 0.969. The Morgan fingerprint density at radius 3 is 3.00 bits per heavy atom. The molecule has 0 saturated heterocycles. The van der Waals surface area contributed by atoms with Crippen molar-refractivity contribution in [3.63, 3.8) is 0 Å². The molecule has 0 atom stereocenters. The summed E-state index contributed by atoms with van der Waals surface area (Å²) in [6, 6.07) is 5.10. The molecule has 0 radical (unpaired) electrons. The minimum Gasteiger partial charge on any atom is -0.608 e. The summed E-state index contributed by atoms with van der Waals surface area (Å²) in [5, 5.41) is 10.0. The Labute approximate surface area is 67.3 Å². The fourth-order valence-electron chi connectivity index (χ4n) is 0.969. The van der Waals surface area contributed by atoms with Gasteiger partial charge >= 0.3 is 0 Å². The summed E-state index contributed by atoms with van der Waals surface area (Å²) < 4.78 is 4.55. The van der Waals surface area contributed by atoms with Crippen LogP contribution >= 0.6 is 0 Å². The number of H-pyrrole nitrogens is 1. The van der Waals surface area contributed by atoms with E-state index in [9.17, 15) is 4.79 Å².